The highest BCUT2D eigenvalue weighted by Gasteiger charge is 2.12. The minimum Gasteiger partial charge on any atom is -0.317 e. The summed E-state index contributed by atoms with van der Waals surface area (Å²) < 4.78 is 2.06. The average Bonchev–Trinajstić information content (AvgIpc) is 2.58. The molecule has 2 rings (SSSR count). The number of hydrogen-bond acceptors (Lipinski definition) is 1. The molecule has 0 atom stereocenters. The molecule has 0 spiro atoms. The summed E-state index contributed by atoms with van der Waals surface area (Å²) in [6, 6.07) is 7.69. The van der Waals surface area contributed by atoms with Crippen LogP contribution in [0.4, 0.5) is 0 Å². The van der Waals surface area contributed by atoms with E-state index in [0.29, 0.717) is 0 Å². The number of rotatable bonds is 2. The van der Waals surface area contributed by atoms with Crippen LogP contribution < -0.4 is 0 Å². The normalized spacial score (nSPS) is 10.6. The standard InChI is InChI=1S/C14H14ClNO/c1-9-7-12(8-17)11(3)16(9)14-6-4-5-13(15)10(14)2/h4-8H,1-3H3. The van der Waals surface area contributed by atoms with Gasteiger partial charge in [0, 0.05) is 27.7 Å². The number of benzene rings is 1. The van der Waals surface area contributed by atoms with Gasteiger partial charge in [-0.2, -0.15) is 0 Å². The largest absolute Gasteiger partial charge is 0.317 e. The molecule has 1 aromatic heterocycles. The zero-order valence-corrected chi connectivity index (χ0v) is 10.9. The van der Waals surface area contributed by atoms with Gasteiger partial charge in [0.1, 0.15) is 0 Å². The van der Waals surface area contributed by atoms with Gasteiger partial charge < -0.3 is 4.57 Å². The van der Waals surface area contributed by atoms with Gasteiger partial charge in [0.15, 0.2) is 6.29 Å². The number of nitrogens with zero attached hydrogens (tertiary/aromatic N) is 1. The van der Waals surface area contributed by atoms with Crippen molar-refractivity contribution in [2.24, 2.45) is 0 Å². The lowest BCUT2D eigenvalue weighted by molar-refractivity contribution is 0.112. The molecule has 0 bridgehead atoms. The smallest absolute Gasteiger partial charge is 0.151 e. The molecule has 0 unspecified atom stereocenters. The van der Waals surface area contributed by atoms with Gasteiger partial charge in [0.2, 0.25) is 0 Å². The van der Waals surface area contributed by atoms with Gasteiger partial charge in [0.05, 0.1) is 0 Å². The van der Waals surface area contributed by atoms with Gasteiger partial charge in [-0.15, -0.1) is 0 Å². The average molecular weight is 248 g/mol. The summed E-state index contributed by atoms with van der Waals surface area (Å²) in [5, 5.41) is 0.739. The monoisotopic (exact) mass is 247 g/mol. The van der Waals surface area contributed by atoms with E-state index in [0.717, 1.165) is 39.5 Å². The zero-order valence-electron chi connectivity index (χ0n) is 10.1. The maximum atomic E-state index is 10.9. The van der Waals surface area contributed by atoms with Crippen molar-refractivity contribution in [3.05, 3.63) is 51.8 Å². The Bertz CT molecular complexity index is 584. The number of aryl methyl sites for hydroxylation is 1. The van der Waals surface area contributed by atoms with Crippen LogP contribution in [0.15, 0.2) is 24.3 Å². The third kappa shape index (κ3) is 1.89. The Hall–Kier alpha value is -1.54. The van der Waals surface area contributed by atoms with Gasteiger partial charge in [-0.3, -0.25) is 4.79 Å². The first kappa shape index (κ1) is 11.9. The summed E-state index contributed by atoms with van der Waals surface area (Å²) in [7, 11) is 0. The molecule has 2 aromatic rings. The van der Waals surface area contributed by atoms with E-state index in [1.54, 1.807) is 0 Å². The Labute approximate surface area is 106 Å². The van der Waals surface area contributed by atoms with Crippen LogP contribution in [0, 0.1) is 20.8 Å². The number of aromatic nitrogens is 1. The second-order valence-electron chi connectivity index (χ2n) is 4.16. The van der Waals surface area contributed by atoms with Crippen LogP contribution in [0.3, 0.4) is 0 Å². The molecule has 0 N–H and O–H groups in total. The molecule has 1 heterocycles. The van der Waals surface area contributed by atoms with Crippen molar-refractivity contribution in [3.8, 4) is 5.69 Å². The quantitative estimate of drug-likeness (QED) is 0.739. The fourth-order valence-corrected chi connectivity index (χ4v) is 2.29. The molecule has 0 amide bonds. The molecule has 0 radical (unpaired) electrons. The molecule has 0 aliphatic heterocycles. The third-order valence-electron chi connectivity index (χ3n) is 3.08. The Morgan fingerprint density at radius 2 is 1.94 bits per heavy atom. The topological polar surface area (TPSA) is 22.0 Å². The zero-order chi connectivity index (χ0) is 12.6. The molecule has 0 saturated heterocycles. The summed E-state index contributed by atoms with van der Waals surface area (Å²) >= 11 is 6.13. The van der Waals surface area contributed by atoms with Crippen molar-refractivity contribution in [2.45, 2.75) is 20.8 Å². The predicted molar refractivity (Wildman–Crippen MR) is 70.4 cm³/mol. The fourth-order valence-electron chi connectivity index (χ4n) is 2.12. The Balaban J connectivity index is 2.72. The van der Waals surface area contributed by atoms with Crippen LogP contribution in [-0.2, 0) is 0 Å². The second kappa shape index (κ2) is 4.38. The minimum absolute atomic E-state index is 0.724. The van der Waals surface area contributed by atoms with Gasteiger partial charge >= 0.3 is 0 Å². The summed E-state index contributed by atoms with van der Waals surface area (Å²) in [6.07, 6.45) is 0.888. The maximum absolute atomic E-state index is 10.9. The predicted octanol–water partition coefficient (Wildman–Crippen LogP) is 3.87. The first-order valence-electron chi connectivity index (χ1n) is 5.46. The second-order valence-corrected chi connectivity index (χ2v) is 4.57. The highest BCUT2D eigenvalue weighted by molar-refractivity contribution is 6.31. The van der Waals surface area contributed by atoms with Crippen molar-refractivity contribution in [3.63, 3.8) is 0 Å². The van der Waals surface area contributed by atoms with Gasteiger partial charge in [-0.25, -0.2) is 0 Å². The molecule has 2 nitrogen and oxygen atoms in total. The molecule has 0 aliphatic carbocycles. The molecule has 3 heteroatoms. The van der Waals surface area contributed by atoms with Crippen LogP contribution in [0.25, 0.3) is 5.69 Å². The SMILES string of the molecule is Cc1c(Cl)cccc1-n1c(C)cc(C=O)c1C. The van der Waals surface area contributed by atoms with Crippen molar-refractivity contribution in [1.82, 2.24) is 4.57 Å². The van der Waals surface area contributed by atoms with Crippen LogP contribution in [0.2, 0.25) is 5.02 Å². The van der Waals surface area contributed by atoms with Crippen LogP contribution in [-0.4, -0.2) is 10.9 Å². The molecule has 88 valence electrons. The molecule has 17 heavy (non-hydrogen) atoms. The van der Waals surface area contributed by atoms with Crippen LogP contribution in [0.1, 0.15) is 27.3 Å². The number of halogens is 1. The highest BCUT2D eigenvalue weighted by Crippen LogP contribution is 2.26. The summed E-state index contributed by atoms with van der Waals surface area (Å²) in [5.41, 5.74) is 4.76. The molecular formula is C14H14ClNO. The molecule has 0 fully saturated rings. The Morgan fingerprint density at radius 1 is 1.24 bits per heavy atom. The lowest BCUT2D eigenvalue weighted by atomic mass is 10.2. The van der Waals surface area contributed by atoms with Gasteiger partial charge in [-0.05, 0) is 44.5 Å². The van der Waals surface area contributed by atoms with E-state index >= 15 is 0 Å². The van der Waals surface area contributed by atoms with E-state index in [1.807, 2.05) is 45.0 Å². The number of carbonyl (C=O) groups excluding carboxylic acids is 1. The van der Waals surface area contributed by atoms with Crippen LogP contribution in [0.5, 0.6) is 0 Å². The van der Waals surface area contributed by atoms with E-state index in [-0.39, 0.29) is 0 Å². The first-order valence-corrected chi connectivity index (χ1v) is 5.83. The van der Waals surface area contributed by atoms with Gasteiger partial charge in [-0.1, -0.05) is 17.7 Å². The lowest BCUT2D eigenvalue weighted by Crippen LogP contribution is -2.02. The molecule has 1 aromatic carbocycles. The minimum atomic E-state index is 0.724. The fraction of sp³-hybridized carbons (Fsp3) is 0.214. The third-order valence-corrected chi connectivity index (χ3v) is 3.49. The maximum Gasteiger partial charge on any atom is 0.151 e. The van der Waals surface area contributed by atoms with E-state index in [1.165, 1.54) is 0 Å². The summed E-state index contributed by atoms with van der Waals surface area (Å²) in [6.45, 7) is 5.91. The summed E-state index contributed by atoms with van der Waals surface area (Å²) in [5.74, 6) is 0. The number of aldehydes is 1. The molecular weight excluding hydrogens is 234 g/mol. The van der Waals surface area contributed by atoms with E-state index in [4.69, 9.17) is 11.6 Å². The number of carbonyl (C=O) groups is 1. The number of hydrogen-bond donors (Lipinski definition) is 0. The van der Waals surface area contributed by atoms with E-state index in [2.05, 4.69) is 4.57 Å². The Kier molecular flexibility index (Phi) is 3.07. The van der Waals surface area contributed by atoms with Gasteiger partial charge in [0.25, 0.3) is 0 Å². The van der Waals surface area contributed by atoms with Crippen molar-refractivity contribution < 1.29 is 4.79 Å². The van der Waals surface area contributed by atoms with Crippen LogP contribution >= 0.6 is 11.6 Å². The highest BCUT2D eigenvalue weighted by atomic mass is 35.5. The van der Waals surface area contributed by atoms with E-state index < -0.39 is 0 Å². The first-order chi connectivity index (χ1) is 8.06. The Morgan fingerprint density at radius 3 is 2.53 bits per heavy atom. The molecule has 0 saturated carbocycles. The lowest BCUT2D eigenvalue weighted by Gasteiger charge is -2.13. The molecule has 0 aliphatic rings. The van der Waals surface area contributed by atoms with Crippen molar-refractivity contribution in [1.29, 1.82) is 0 Å². The van der Waals surface area contributed by atoms with Crippen molar-refractivity contribution in [2.75, 3.05) is 0 Å². The summed E-state index contributed by atoms with van der Waals surface area (Å²) in [4.78, 5) is 10.9. The van der Waals surface area contributed by atoms with E-state index in [9.17, 15) is 4.79 Å². The van der Waals surface area contributed by atoms with Crippen molar-refractivity contribution >= 4 is 17.9 Å².